The van der Waals surface area contributed by atoms with Gasteiger partial charge < -0.3 is 14.7 Å². The van der Waals surface area contributed by atoms with Crippen LogP contribution in [0.4, 0.5) is 5.69 Å². The Morgan fingerprint density at radius 1 is 0.800 bits per heavy atom. The molecule has 0 bridgehead atoms. The number of nitrogens with zero attached hydrogens (tertiary/aromatic N) is 3. The average Bonchev–Trinajstić information content (AvgIpc) is 3.62. The highest BCUT2D eigenvalue weighted by molar-refractivity contribution is 5.98. The Morgan fingerprint density at radius 2 is 1.44 bits per heavy atom. The van der Waals surface area contributed by atoms with Crippen LogP contribution in [0.15, 0.2) is 85.2 Å². The van der Waals surface area contributed by atoms with Crippen LogP contribution in [0.1, 0.15) is 74.2 Å². The van der Waals surface area contributed by atoms with E-state index in [2.05, 4.69) is 21.8 Å². The van der Waals surface area contributed by atoms with Gasteiger partial charge in [-0.25, -0.2) is 9.97 Å². The Bertz CT molecular complexity index is 1510. The quantitative estimate of drug-likeness (QED) is 0.101. The van der Waals surface area contributed by atoms with E-state index >= 15 is 0 Å². The molecule has 0 unspecified atom stereocenters. The molecule has 0 aliphatic carbocycles. The van der Waals surface area contributed by atoms with Crippen molar-refractivity contribution in [2.24, 2.45) is 5.92 Å². The third kappa shape index (κ3) is 9.00. The lowest BCUT2D eigenvalue weighted by molar-refractivity contribution is -0.141. The first-order valence-electron chi connectivity index (χ1n) is 16.3. The Labute approximate surface area is 266 Å². The number of carboxylic acids is 1. The number of hydrogen-bond acceptors (Lipinski definition) is 6. The Kier molecular flexibility index (Phi) is 11.3. The lowest BCUT2D eigenvalue weighted by Gasteiger charge is -2.18. The van der Waals surface area contributed by atoms with Gasteiger partial charge in [0, 0.05) is 54.3 Å². The summed E-state index contributed by atoms with van der Waals surface area (Å²) >= 11 is 0. The largest absolute Gasteiger partial charge is 0.494 e. The monoisotopic (exact) mass is 605 g/mol. The standard InChI is InChI=1S/C38H43N3O4/c1-2-3-4-5-8-23-45-35-19-15-29(16-20-35)33-26-39-37(40-27-33)31-11-9-28(10-12-31)24-32(38(43)44)25-36(42)30-13-17-34(18-14-30)41-21-6-7-22-41/h9-20,26-27,32H,2-8,21-25H2,1H3,(H,43,44)/t32-/m1/s1. The smallest absolute Gasteiger partial charge is 0.307 e. The van der Waals surface area contributed by atoms with E-state index in [0.717, 1.165) is 59.8 Å². The molecule has 7 heteroatoms. The van der Waals surface area contributed by atoms with Gasteiger partial charge in [-0.1, -0.05) is 69.0 Å². The SMILES string of the molecule is CCCCCCCOc1ccc(-c2cnc(-c3ccc(C[C@H](CC(=O)c4ccc(N5CCCC5)cc4)C(=O)O)cc3)nc2)cc1. The molecule has 1 aromatic heterocycles. The summed E-state index contributed by atoms with van der Waals surface area (Å²) in [5, 5.41) is 9.87. The highest BCUT2D eigenvalue weighted by Crippen LogP contribution is 2.25. The summed E-state index contributed by atoms with van der Waals surface area (Å²) in [7, 11) is 0. The van der Waals surface area contributed by atoms with Crippen molar-refractivity contribution in [2.45, 2.75) is 64.7 Å². The van der Waals surface area contributed by atoms with Crippen LogP contribution in [0.2, 0.25) is 0 Å². The maximum Gasteiger partial charge on any atom is 0.307 e. The first-order chi connectivity index (χ1) is 22.0. The van der Waals surface area contributed by atoms with Crippen LogP contribution in [0, 0.1) is 5.92 Å². The molecule has 4 aromatic rings. The molecule has 234 valence electrons. The molecule has 0 saturated carbocycles. The molecule has 0 spiro atoms. The van der Waals surface area contributed by atoms with Crippen molar-refractivity contribution in [3.05, 3.63) is 96.3 Å². The second kappa shape index (κ2) is 16.0. The summed E-state index contributed by atoms with van der Waals surface area (Å²) < 4.78 is 5.88. The molecule has 1 aliphatic heterocycles. The fourth-order valence-electron chi connectivity index (χ4n) is 5.76. The number of rotatable bonds is 16. The topological polar surface area (TPSA) is 92.6 Å². The van der Waals surface area contributed by atoms with Gasteiger partial charge in [-0.15, -0.1) is 0 Å². The van der Waals surface area contributed by atoms with Crippen LogP contribution >= 0.6 is 0 Å². The fourth-order valence-corrected chi connectivity index (χ4v) is 5.76. The number of benzene rings is 3. The first-order valence-corrected chi connectivity index (χ1v) is 16.3. The zero-order valence-corrected chi connectivity index (χ0v) is 26.2. The number of Topliss-reactive ketones (excluding diaryl/α,β-unsaturated/α-hetero) is 1. The van der Waals surface area contributed by atoms with Crippen molar-refractivity contribution in [3.63, 3.8) is 0 Å². The number of aliphatic carboxylic acids is 1. The lowest BCUT2D eigenvalue weighted by atomic mass is 9.91. The van der Waals surface area contributed by atoms with Crippen molar-refractivity contribution in [3.8, 4) is 28.3 Å². The minimum Gasteiger partial charge on any atom is -0.494 e. The number of carbonyl (C=O) groups excluding carboxylic acids is 1. The molecule has 1 aliphatic rings. The second-order valence-corrected chi connectivity index (χ2v) is 11.9. The predicted octanol–water partition coefficient (Wildman–Crippen LogP) is 8.28. The van der Waals surface area contributed by atoms with Crippen LogP contribution in [-0.2, 0) is 11.2 Å². The predicted molar refractivity (Wildman–Crippen MR) is 179 cm³/mol. The van der Waals surface area contributed by atoms with Crippen molar-refractivity contribution < 1.29 is 19.4 Å². The average molecular weight is 606 g/mol. The van der Waals surface area contributed by atoms with Crippen LogP contribution < -0.4 is 9.64 Å². The minimum atomic E-state index is -0.970. The zero-order valence-electron chi connectivity index (χ0n) is 26.2. The third-order valence-corrected chi connectivity index (χ3v) is 8.49. The van der Waals surface area contributed by atoms with Gasteiger partial charge in [0.2, 0.25) is 0 Å². The van der Waals surface area contributed by atoms with E-state index in [1.165, 1.54) is 38.5 Å². The van der Waals surface area contributed by atoms with Crippen molar-refractivity contribution in [2.75, 3.05) is 24.6 Å². The summed E-state index contributed by atoms with van der Waals surface area (Å²) in [5.74, 6) is -0.467. The van der Waals surface area contributed by atoms with Crippen molar-refractivity contribution >= 4 is 17.4 Å². The van der Waals surface area contributed by atoms with Gasteiger partial charge in [-0.3, -0.25) is 9.59 Å². The summed E-state index contributed by atoms with van der Waals surface area (Å²) in [6.45, 7) is 5.03. The van der Waals surface area contributed by atoms with Gasteiger partial charge in [0.05, 0.1) is 12.5 Å². The highest BCUT2D eigenvalue weighted by Gasteiger charge is 2.23. The molecule has 2 heterocycles. The molecule has 0 amide bonds. The van der Waals surface area contributed by atoms with Crippen LogP contribution in [-0.4, -0.2) is 46.5 Å². The molecular weight excluding hydrogens is 562 g/mol. The molecular formula is C38H43N3O4. The third-order valence-electron chi connectivity index (χ3n) is 8.49. The van der Waals surface area contributed by atoms with Gasteiger partial charge in [0.15, 0.2) is 11.6 Å². The molecule has 1 fully saturated rings. The molecule has 1 saturated heterocycles. The van der Waals surface area contributed by atoms with E-state index in [9.17, 15) is 14.7 Å². The number of anilines is 1. The maximum absolute atomic E-state index is 13.0. The molecule has 7 nitrogen and oxygen atoms in total. The lowest BCUT2D eigenvalue weighted by Crippen LogP contribution is -2.21. The van der Waals surface area contributed by atoms with Gasteiger partial charge >= 0.3 is 5.97 Å². The Hall–Kier alpha value is -4.52. The van der Waals surface area contributed by atoms with E-state index in [0.29, 0.717) is 11.4 Å². The zero-order chi connectivity index (χ0) is 31.4. The number of unbranched alkanes of at least 4 members (excludes halogenated alkanes) is 4. The van der Waals surface area contributed by atoms with E-state index in [4.69, 9.17) is 4.74 Å². The normalized spacial score (nSPS) is 13.5. The number of carbonyl (C=O) groups is 2. The number of hydrogen-bond donors (Lipinski definition) is 1. The number of carboxylic acid groups (broad SMARTS) is 1. The summed E-state index contributed by atoms with van der Waals surface area (Å²) in [6, 6.07) is 23.1. The number of aromatic nitrogens is 2. The molecule has 0 radical (unpaired) electrons. The molecule has 5 rings (SSSR count). The van der Waals surface area contributed by atoms with E-state index < -0.39 is 11.9 Å². The second-order valence-electron chi connectivity index (χ2n) is 11.9. The Morgan fingerprint density at radius 3 is 2.09 bits per heavy atom. The minimum absolute atomic E-state index is 0.0448. The summed E-state index contributed by atoms with van der Waals surface area (Å²) in [4.78, 5) is 36.5. The maximum atomic E-state index is 13.0. The number of ketones is 1. The van der Waals surface area contributed by atoms with E-state index in [-0.39, 0.29) is 18.6 Å². The van der Waals surface area contributed by atoms with Gasteiger partial charge in [-0.05, 0) is 73.2 Å². The highest BCUT2D eigenvalue weighted by atomic mass is 16.5. The number of ether oxygens (including phenoxy) is 1. The Balaban J connectivity index is 1.14. The summed E-state index contributed by atoms with van der Waals surface area (Å²) in [6.07, 6.45) is 12.3. The molecule has 1 atom stereocenters. The van der Waals surface area contributed by atoms with Gasteiger partial charge in [0.25, 0.3) is 0 Å². The molecule has 1 N–H and O–H groups in total. The fraction of sp³-hybridized carbons (Fsp3) is 0.368. The molecule has 45 heavy (non-hydrogen) atoms. The van der Waals surface area contributed by atoms with Crippen molar-refractivity contribution in [1.29, 1.82) is 0 Å². The summed E-state index contributed by atoms with van der Waals surface area (Å²) in [5.41, 5.74) is 5.29. The van der Waals surface area contributed by atoms with Crippen LogP contribution in [0.3, 0.4) is 0 Å². The van der Waals surface area contributed by atoms with Crippen molar-refractivity contribution in [1.82, 2.24) is 9.97 Å². The van der Waals surface area contributed by atoms with Gasteiger partial charge in [0.1, 0.15) is 5.75 Å². The van der Waals surface area contributed by atoms with Gasteiger partial charge in [-0.2, -0.15) is 0 Å². The molecule has 3 aromatic carbocycles. The van der Waals surface area contributed by atoms with Crippen LogP contribution in [0.5, 0.6) is 5.75 Å². The first kappa shape index (κ1) is 31.9. The van der Waals surface area contributed by atoms with E-state index in [1.54, 1.807) is 0 Å². The van der Waals surface area contributed by atoms with Crippen LogP contribution in [0.25, 0.3) is 22.5 Å². The van der Waals surface area contributed by atoms with E-state index in [1.807, 2.05) is 85.2 Å².